The third-order valence-electron chi connectivity index (χ3n) is 7.88. The quantitative estimate of drug-likeness (QED) is 0.142. The third kappa shape index (κ3) is 9.37. The number of halogens is 3. The lowest BCUT2D eigenvalue weighted by molar-refractivity contribution is -0.139. The van der Waals surface area contributed by atoms with Crippen molar-refractivity contribution in [1.29, 1.82) is 0 Å². The zero-order valence-electron chi connectivity index (χ0n) is 27.6. The van der Waals surface area contributed by atoms with Gasteiger partial charge in [0.2, 0.25) is 5.91 Å². The van der Waals surface area contributed by atoms with E-state index in [0.717, 1.165) is 35.0 Å². The number of carbonyl (C=O) groups excluding carboxylic acids is 2. The SMILES string of the molecule is CNc1ccc(COC(=O)N[C@@H](CF)CCN(C(=O)CO)[C@@H](c2nc(-c3cc(F)ccc3F)cn2Cc2ccccc2)C(C)(C)C)cc1. The van der Waals surface area contributed by atoms with Crippen LogP contribution in [0.25, 0.3) is 11.3 Å². The number of amides is 2. The van der Waals surface area contributed by atoms with Gasteiger partial charge >= 0.3 is 6.09 Å². The van der Waals surface area contributed by atoms with Crippen LogP contribution in [0.5, 0.6) is 0 Å². The van der Waals surface area contributed by atoms with Crippen LogP contribution in [0.1, 0.15) is 50.2 Å². The standard InChI is InChI=1S/C36H42F3N5O4/c1-36(2,3)33(34-42-31(29-18-26(38)12-15-30(29)39)21-43(34)20-24-8-6-5-7-9-24)44(32(46)22-45)17-16-28(19-37)41-35(47)48-23-25-10-13-27(40-4)14-11-25/h5-15,18,21,28,33,40,45H,16-17,19-20,22-23H2,1-4H3,(H,41,47)/t28-,33+/m1/s1. The monoisotopic (exact) mass is 665 g/mol. The zero-order chi connectivity index (χ0) is 34.8. The van der Waals surface area contributed by atoms with Gasteiger partial charge in [0.1, 0.15) is 37.3 Å². The number of hydrogen-bond donors (Lipinski definition) is 3. The number of carbonyl (C=O) groups is 2. The summed E-state index contributed by atoms with van der Waals surface area (Å²) in [6.45, 7) is 4.09. The second-order valence-electron chi connectivity index (χ2n) is 12.5. The van der Waals surface area contributed by atoms with Crippen molar-refractivity contribution >= 4 is 17.7 Å². The van der Waals surface area contributed by atoms with E-state index in [-0.39, 0.29) is 30.8 Å². The van der Waals surface area contributed by atoms with E-state index in [4.69, 9.17) is 9.72 Å². The zero-order valence-corrected chi connectivity index (χ0v) is 27.6. The van der Waals surface area contributed by atoms with E-state index in [9.17, 15) is 27.9 Å². The summed E-state index contributed by atoms with van der Waals surface area (Å²) in [5.74, 6) is -1.58. The van der Waals surface area contributed by atoms with Crippen LogP contribution >= 0.6 is 0 Å². The van der Waals surface area contributed by atoms with Gasteiger partial charge in [-0.15, -0.1) is 0 Å². The summed E-state index contributed by atoms with van der Waals surface area (Å²) < 4.78 is 50.4. The molecule has 9 nitrogen and oxygen atoms in total. The van der Waals surface area contributed by atoms with Crippen LogP contribution < -0.4 is 10.6 Å². The highest BCUT2D eigenvalue weighted by Crippen LogP contribution is 2.39. The minimum Gasteiger partial charge on any atom is -0.445 e. The van der Waals surface area contributed by atoms with Crippen molar-refractivity contribution in [1.82, 2.24) is 19.8 Å². The summed E-state index contributed by atoms with van der Waals surface area (Å²) >= 11 is 0. The molecule has 3 aromatic carbocycles. The summed E-state index contributed by atoms with van der Waals surface area (Å²) in [4.78, 5) is 32.1. The molecule has 0 saturated heterocycles. The Kier molecular flexibility index (Phi) is 12.2. The van der Waals surface area contributed by atoms with Gasteiger partial charge in [-0.05, 0) is 53.3 Å². The number of ether oxygens (including phenoxy) is 1. The van der Waals surface area contributed by atoms with Gasteiger partial charge in [0.05, 0.1) is 17.8 Å². The molecule has 0 spiro atoms. The first-order valence-electron chi connectivity index (χ1n) is 15.7. The van der Waals surface area contributed by atoms with Gasteiger partial charge in [0.25, 0.3) is 0 Å². The molecule has 12 heteroatoms. The van der Waals surface area contributed by atoms with Gasteiger partial charge < -0.3 is 29.9 Å². The van der Waals surface area contributed by atoms with E-state index in [0.29, 0.717) is 12.4 Å². The molecule has 0 radical (unpaired) electrons. The number of hydrogen-bond acceptors (Lipinski definition) is 6. The van der Waals surface area contributed by atoms with E-state index < -0.39 is 54.4 Å². The predicted molar refractivity (Wildman–Crippen MR) is 178 cm³/mol. The number of anilines is 1. The Morgan fingerprint density at radius 3 is 2.35 bits per heavy atom. The highest BCUT2D eigenvalue weighted by molar-refractivity contribution is 5.78. The maximum absolute atomic E-state index is 14.9. The number of rotatable bonds is 14. The number of alkyl carbamates (subject to hydrolysis) is 1. The average molecular weight is 666 g/mol. The van der Waals surface area contributed by atoms with Gasteiger partial charge in [-0.2, -0.15) is 0 Å². The van der Waals surface area contributed by atoms with Crippen molar-refractivity contribution in [3.8, 4) is 11.3 Å². The second kappa shape index (κ2) is 16.3. The molecule has 0 aliphatic carbocycles. The molecule has 0 bridgehead atoms. The largest absolute Gasteiger partial charge is 0.445 e. The van der Waals surface area contributed by atoms with E-state index in [2.05, 4.69) is 10.6 Å². The van der Waals surface area contributed by atoms with E-state index in [1.165, 1.54) is 4.90 Å². The van der Waals surface area contributed by atoms with Gasteiger partial charge in [-0.25, -0.2) is 22.9 Å². The normalized spacial score (nSPS) is 12.7. The fourth-order valence-electron chi connectivity index (χ4n) is 5.47. The molecule has 3 N–H and O–H groups in total. The Labute approximate surface area is 278 Å². The lowest BCUT2D eigenvalue weighted by Crippen LogP contribution is -2.46. The van der Waals surface area contributed by atoms with Crippen LogP contribution in [0.4, 0.5) is 23.7 Å². The molecule has 2 amide bonds. The van der Waals surface area contributed by atoms with Crippen LogP contribution in [0.3, 0.4) is 0 Å². The van der Waals surface area contributed by atoms with Gasteiger partial charge in [-0.3, -0.25) is 4.79 Å². The number of aromatic nitrogens is 2. The molecule has 2 atom stereocenters. The van der Waals surface area contributed by atoms with Crippen molar-refractivity contribution < 1.29 is 32.6 Å². The highest BCUT2D eigenvalue weighted by atomic mass is 19.1. The molecule has 0 aliphatic heterocycles. The first-order valence-corrected chi connectivity index (χ1v) is 15.7. The first kappa shape index (κ1) is 36.0. The molecule has 48 heavy (non-hydrogen) atoms. The van der Waals surface area contributed by atoms with Crippen LogP contribution in [0.15, 0.2) is 79.0 Å². The molecule has 4 rings (SSSR count). The Morgan fingerprint density at radius 1 is 1.02 bits per heavy atom. The Hall–Kier alpha value is -4.84. The number of nitrogens with one attached hydrogen (secondary N) is 2. The lowest BCUT2D eigenvalue weighted by atomic mass is 9.84. The number of alkyl halides is 1. The lowest BCUT2D eigenvalue weighted by Gasteiger charge is -2.40. The number of benzene rings is 3. The predicted octanol–water partition coefficient (Wildman–Crippen LogP) is 6.48. The summed E-state index contributed by atoms with van der Waals surface area (Å²) in [5.41, 5.74) is 1.95. The van der Waals surface area contributed by atoms with Crippen LogP contribution in [-0.4, -0.2) is 64.5 Å². The van der Waals surface area contributed by atoms with Crippen molar-refractivity contribution in [2.75, 3.05) is 32.2 Å². The van der Waals surface area contributed by atoms with Crippen molar-refractivity contribution in [3.63, 3.8) is 0 Å². The summed E-state index contributed by atoms with van der Waals surface area (Å²) in [6.07, 6.45) is 0.781. The maximum Gasteiger partial charge on any atom is 0.407 e. The summed E-state index contributed by atoms with van der Waals surface area (Å²) in [7, 11) is 1.79. The van der Waals surface area contributed by atoms with E-state index >= 15 is 0 Å². The van der Waals surface area contributed by atoms with Crippen LogP contribution in [-0.2, 0) is 22.7 Å². The molecule has 0 unspecified atom stereocenters. The number of aliphatic hydroxyl groups is 1. The number of imidazole rings is 1. The number of aliphatic hydroxyl groups excluding tert-OH is 1. The first-order chi connectivity index (χ1) is 22.9. The molecule has 256 valence electrons. The maximum atomic E-state index is 14.9. The second-order valence-corrected chi connectivity index (χ2v) is 12.5. The topological polar surface area (TPSA) is 109 Å². The fraction of sp³-hybridized carbons (Fsp3) is 0.361. The van der Waals surface area contributed by atoms with E-state index in [1.54, 1.807) is 29.9 Å². The molecule has 1 heterocycles. The minimum atomic E-state index is -1.00. The van der Waals surface area contributed by atoms with Crippen LogP contribution in [0.2, 0.25) is 0 Å². The summed E-state index contributed by atoms with van der Waals surface area (Å²) in [6, 6.07) is 18.0. The Balaban J connectivity index is 1.62. The van der Waals surface area contributed by atoms with Gasteiger partial charge in [0, 0.05) is 37.6 Å². The van der Waals surface area contributed by atoms with Crippen molar-refractivity contribution in [3.05, 3.63) is 108 Å². The molecule has 1 aromatic heterocycles. The third-order valence-corrected chi connectivity index (χ3v) is 7.88. The minimum absolute atomic E-state index is 0.00837. The summed E-state index contributed by atoms with van der Waals surface area (Å²) in [5, 5.41) is 15.5. The molecule has 4 aromatic rings. The smallest absolute Gasteiger partial charge is 0.407 e. The van der Waals surface area contributed by atoms with Gasteiger partial charge in [-0.1, -0.05) is 63.2 Å². The highest BCUT2D eigenvalue weighted by Gasteiger charge is 2.38. The Morgan fingerprint density at radius 2 is 1.73 bits per heavy atom. The molecular formula is C36H42F3N5O4. The fourth-order valence-corrected chi connectivity index (χ4v) is 5.47. The molecule has 0 fully saturated rings. The van der Waals surface area contributed by atoms with Gasteiger partial charge in [0.15, 0.2) is 0 Å². The van der Waals surface area contributed by atoms with Crippen molar-refractivity contribution in [2.24, 2.45) is 5.41 Å². The molecular weight excluding hydrogens is 623 g/mol. The molecule has 0 aliphatic rings. The number of nitrogens with zero attached hydrogens (tertiary/aromatic N) is 3. The molecule has 0 saturated carbocycles. The average Bonchev–Trinajstić information content (AvgIpc) is 3.47. The van der Waals surface area contributed by atoms with Crippen molar-refractivity contribution in [2.45, 2.75) is 52.4 Å². The van der Waals surface area contributed by atoms with E-state index in [1.807, 2.05) is 63.2 Å². The Bertz CT molecular complexity index is 1660. The van der Waals surface area contributed by atoms with Crippen LogP contribution in [0, 0.1) is 17.0 Å².